The van der Waals surface area contributed by atoms with Crippen LogP contribution in [-0.4, -0.2) is 34.7 Å². The lowest BCUT2D eigenvalue weighted by atomic mass is 9.82. The highest BCUT2D eigenvalue weighted by atomic mass is 16.5. The minimum Gasteiger partial charge on any atom is -0.487 e. The van der Waals surface area contributed by atoms with Crippen LogP contribution in [0.25, 0.3) is 0 Å². The summed E-state index contributed by atoms with van der Waals surface area (Å²) in [6.07, 6.45) is 6.95. The van der Waals surface area contributed by atoms with Gasteiger partial charge in [0, 0.05) is 37.2 Å². The zero-order valence-corrected chi connectivity index (χ0v) is 13.3. The Balaban J connectivity index is 1.62. The minimum atomic E-state index is -0.271. The highest BCUT2D eigenvalue weighted by Gasteiger charge is 2.42. The van der Waals surface area contributed by atoms with Crippen LogP contribution in [0.4, 0.5) is 0 Å². The van der Waals surface area contributed by atoms with Crippen molar-refractivity contribution in [2.75, 3.05) is 13.2 Å². The van der Waals surface area contributed by atoms with Gasteiger partial charge in [-0.05, 0) is 6.07 Å². The highest BCUT2D eigenvalue weighted by Crippen LogP contribution is 2.43. The number of aromatic nitrogens is 2. The summed E-state index contributed by atoms with van der Waals surface area (Å²) in [5.74, 6) is 0.627. The van der Waals surface area contributed by atoms with Crippen molar-refractivity contribution in [3.05, 3.63) is 54.1 Å². The van der Waals surface area contributed by atoms with Crippen LogP contribution in [0.1, 0.15) is 41.4 Å². The van der Waals surface area contributed by atoms with Crippen molar-refractivity contribution in [1.29, 1.82) is 0 Å². The van der Waals surface area contributed by atoms with Crippen LogP contribution in [0.3, 0.4) is 0 Å². The lowest BCUT2D eigenvalue weighted by Gasteiger charge is -2.44. The van der Waals surface area contributed by atoms with Crippen molar-refractivity contribution >= 4 is 5.91 Å². The summed E-state index contributed by atoms with van der Waals surface area (Å²) in [7, 11) is 0. The Bertz CT molecular complexity index is 729. The lowest BCUT2D eigenvalue weighted by molar-refractivity contribution is -0.0639. The number of benzene rings is 1. The zero-order valence-electron chi connectivity index (χ0n) is 13.3. The molecule has 0 unspecified atom stereocenters. The summed E-state index contributed by atoms with van der Waals surface area (Å²) in [5.41, 5.74) is 1.06. The number of para-hydroxylation sites is 1. The molecule has 1 aromatic carbocycles. The Hall–Kier alpha value is -2.47. The van der Waals surface area contributed by atoms with E-state index in [1.54, 1.807) is 6.20 Å². The van der Waals surface area contributed by atoms with Crippen LogP contribution in [0.15, 0.2) is 42.9 Å². The first-order chi connectivity index (χ1) is 11.8. The molecule has 6 heteroatoms. The van der Waals surface area contributed by atoms with Crippen molar-refractivity contribution in [2.24, 2.45) is 0 Å². The van der Waals surface area contributed by atoms with E-state index in [0.717, 1.165) is 30.6 Å². The first-order valence-electron chi connectivity index (χ1n) is 8.18. The molecule has 6 nitrogen and oxygen atoms in total. The van der Waals surface area contributed by atoms with E-state index in [2.05, 4.69) is 15.3 Å². The third kappa shape index (κ3) is 2.85. The monoisotopic (exact) mass is 325 g/mol. The Morgan fingerprint density at radius 3 is 2.83 bits per heavy atom. The summed E-state index contributed by atoms with van der Waals surface area (Å²) >= 11 is 0. The second-order valence-corrected chi connectivity index (χ2v) is 6.26. The topological polar surface area (TPSA) is 73.3 Å². The summed E-state index contributed by atoms with van der Waals surface area (Å²) in [6, 6.07) is 7.78. The molecule has 124 valence electrons. The molecule has 2 aliphatic heterocycles. The van der Waals surface area contributed by atoms with Crippen molar-refractivity contribution in [3.63, 3.8) is 0 Å². The molecule has 0 radical (unpaired) electrons. The van der Waals surface area contributed by atoms with E-state index < -0.39 is 0 Å². The third-order valence-electron chi connectivity index (χ3n) is 4.70. The van der Waals surface area contributed by atoms with Gasteiger partial charge in [-0.2, -0.15) is 0 Å². The number of carbonyl (C=O) groups excluding carboxylic acids is 1. The molecule has 1 aromatic heterocycles. The van der Waals surface area contributed by atoms with Gasteiger partial charge in [-0.15, -0.1) is 0 Å². The van der Waals surface area contributed by atoms with Gasteiger partial charge in [0.15, 0.2) is 0 Å². The van der Waals surface area contributed by atoms with E-state index in [4.69, 9.17) is 9.47 Å². The standard InChI is InChI=1S/C18H19N3O3/c22-17(15-12-19-7-8-20-15)21-14-11-18(5-9-23-10-6-18)24-16-4-2-1-3-13(14)16/h1-4,7-8,12,14H,5-6,9-11H2,(H,21,22)/t14-/m1/s1. The van der Waals surface area contributed by atoms with Gasteiger partial charge in [0.25, 0.3) is 5.91 Å². The van der Waals surface area contributed by atoms with Gasteiger partial charge in [0.05, 0.1) is 25.5 Å². The predicted octanol–water partition coefficient (Wildman–Crippen LogP) is 2.28. The fourth-order valence-electron chi connectivity index (χ4n) is 3.45. The molecule has 2 aromatic rings. The smallest absolute Gasteiger partial charge is 0.271 e. The van der Waals surface area contributed by atoms with Gasteiger partial charge < -0.3 is 14.8 Å². The van der Waals surface area contributed by atoms with E-state index in [0.29, 0.717) is 18.9 Å². The third-order valence-corrected chi connectivity index (χ3v) is 4.70. The average molecular weight is 325 g/mol. The van der Waals surface area contributed by atoms with Crippen LogP contribution < -0.4 is 10.1 Å². The first kappa shape index (κ1) is 15.1. The maximum Gasteiger partial charge on any atom is 0.271 e. The maximum atomic E-state index is 12.5. The van der Waals surface area contributed by atoms with Crippen LogP contribution in [0, 0.1) is 0 Å². The fourth-order valence-corrected chi connectivity index (χ4v) is 3.45. The Kier molecular flexibility index (Phi) is 3.90. The minimum absolute atomic E-state index is 0.109. The molecule has 1 spiro atoms. The summed E-state index contributed by atoms with van der Waals surface area (Å²) in [4.78, 5) is 20.6. The summed E-state index contributed by atoms with van der Waals surface area (Å²) < 4.78 is 11.8. The molecule has 1 atom stereocenters. The van der Waals surface area contributed by atoms with Gasteiger partial charge >= 0.3 is 0 Å². The van der Waals surface area contributed by atoms with Crippen molar-refractivity contribution in [2.45, 2.75) is 30.9 Å². The van der Waals surface area contributed by atoms with Crippen molar-refractivity contribution < 1.29 is 14.3 Å². The summed E-state index contributed by atoms with van der Waals surface area (Å²) in [6.45, 7) is 1.37. The van der Waals surface area contributed by atoms with E-state index in [1.807, 2.05) is 24.3 Å². The van der Waals surface area contributed by atoms with Gasteiger partial charge in [0.1, 0.15) is 17.0 Å². The number of carbonyl (C=O) groups is 1. The molecule has 1 N–H and O–H groups in total. The van der Waals surface area contributed by atoms with Crippen LogP contribution in [0.5, 0.6) is 5.75 Å². The highest BCUT2D eigenvalue weighted by molar-refractivity contribution is 5.92. The number of ether oxygens (including phenoxy) is 2. The normalized spacial score (nSPS) is 21.6. The molecule has 1 saturated heterocycles. The lowest BCUT2D eigenvalue weighted by Crippen LogP contribution is -2.48. The van der Waals surface area contributed by atoms with E-state index in [9.17, 15) is 4.79 Å². The molecule has 3 heterocycles. The van der Waals surface area contributed by atoms with Crippen molar-refractivity contribution in [1.82, 2.24) is 15.3 Å². The molecule has 2 aliphatic rings. The van der Waals surface area contributed by atoms with Crippen LogP contribution >= 0.6 is 0 Å². The molecule has 1 amide bonds. The molecular weight excluding hydrogens is 306 g/mol. The second-order valence-electron chi connectivity index (χ2n) is 6.26. The SMILES string of the molecule is O=C(N[C@@H]1CC2(CCOCC2)Oc2ccccc21)c1cnccn1. The molecule has 1 fully saturated rings. The Labute approximate surface area is 140 Å². The molecule has 0 bridgehead atoms. The number of rotatable bonds is 2. The fraction of sp³-hybridized carbons (Fsp3) is 0.389. The Morgan fingerprint density at radius 2 is 2.04 bits per heavy atom. The molecule has 24 heavy (non-hydrogen) atoms. The number of hydrogen-bond acceptors (Lipinski definition) is 5. The van der Waals surface area contributed by atoms with Gasteiger partial charge in [-0.1, -0.05) is 18.2 Å². The Morgan fingerprint density at radius 1 is 1.21 bits per heavy atom. The van der Waals surface area contributed by atoms with E-state index in [-0.39, 0.29) is 17.6 Å². The second kappa shape index (κ2) is 6.20. The largest absolute Gasteiger partial charge is 0.487 e. The average Bonchev–Trinajstić information content (AvgIpc) is 2.63. The van der Waals surface area contributed by atoms with Gasteiger partial charge in [-0.25, -0.2) is 4.98 Å². The molecule has 0 saturated carbocycles. The predicted molar refractivity (Wildman–Crippen MR) is 86.7 cm³/mol. The van der Waals surface area contributed by atoms with Crippen LogP contribution in [-0.2, 0) is 4.74 Å². The zero-order chi connectivity index (χ0) is 16.4. The first-order valence-corrected chi connectivity index (χ1v) is 8.18. The van der Waals surface area contributed by atoms with Crippen molar-refractivity contribution in [3.8, 4) is 5.75 Å². The van der Waals surface area contributed by atoms with Gasteiger partial charge in [0.2, 0.25) is 0 Å². The van der Waals surface area contributed by atoms with E-state index in [1.165, 1.54) is 12.4 Å². The number of hydrogen-bond donors (Lipinski definition) is 1. The number of fused-ring (bicyclic) bond motifs is 1. The van der Waals surface area contributed by atoms with E-state index >= 15 is 0 Å². The van der Waals surface area contributed by atoms with Gasteiger partial charge in [-0.3, -0.25) is 9.78 Å². The number of amides is 1. The number of nitrogens with zero attached hydrogens (tertiary/aromatic N) is 2. The molecule has 0 aliphatic carbocycles. The number of nitrogens with one attached hydrogen (secondary N) is 1. The maximum absolute atomic E-state index is 12.5. The summed E-state index contributed by atoms with van der Waals surface area (Å²) in [5, 5.41) is 3.10. The molecule has 4 rings (SSSR count). The van der Waals surface area contributed by atoms with Crippen LogP contribution in [0.2, 0.25) is 0 Å². The molecular formula is C18H19N3O3. The quantitative estimate of drug-likeness (QED) is 0.917.